The summed E-state index contributed by atoms with van der Waals surface area (Å²) < 4.78 is 0. The minimum Gasteiger partial charge on any atom is -0.349 e. The first-order chi connectivity index (χ1) is 10.5. The maximum Gasteiger partial charge on any atom is 0.288 e. The van der Waals surface area contributed by atoms with Gasteiger partial charge in [0.05, 0.1) is 4.92 Å². The molecule has 0 heterocycles. The van der Waals surface area contributed by atoms with Crippen LogP contribution in [0.3, 0.4) is 0 Å². The third kappa shape index (κ3) is 3.83. The fraction of sp³-hybridized carbons (Fsp3) is 0.333. The van der Waals surface area contributed by atoms with Gasteiger partial charge in [-0.25, -0.2) is 0 Å². The Kier molecular flexibility index (Phi) is 5.12. The maximum atomic E-state index is 12.1. The summed E-state index contributed by atoms with van der Waals surface area (Å²) in [7, 11) is 0. The van der Waals surface area contributed by atoms with Gasteiger partial charge in [0.15, 0.2) is 0 Å². The average molecular weight is 320 g/mol. The first-order valence-corrected chi connectivity index (χ1v) is 7.25. The van der Waals surface area contributed by atoms with Gasteiger partial charge in [-0.1, -0.05) is 30.5 Å². The van der Waals surface area contributed by atoms with Crippen molar-refractivity contribution in [2.24, 2.45) is 0 Å². The van der Waals surface area contributed by atoms with Crippen LogP contribution in [0.5, 0.6) is 0 Å². The molecule has 1 aromatic rings. The van der Waals surface area contributed by atoms with Crippen molar-refractivity contribution < 1.29 is 9.72 Å². The van der Waals surface area contributed by atoms with Crippen LogP contribution in [0.1, 0.15) is 31.2 Å². The third-order valence-electron chi connectivity index (χ3n) is 3.53. The van der Waals surface area contributed by atoms with Gasteiger partial charge in [0.2, 0.25) is 0 Å². The summed E-state index contributed by atoms with van der Waals surface area (Å²) in [6.45, 7) is 0. The zero-order chi connectivity index (χ0) is 16.1. The van der Waals surface area contributed by atoms with Crippen LogP contribution in [-0.2, 0) is 4.79 Å². The van der Waals surface area contributed by atoms with Crippen LogP contribution in [0, 0.1) is 21.4 Å². The molecule has 0 unspecified atom stereocenters. The zero-order valence-electron chi connectivity index (χ0n) is 11.7. The van der Waals surface area contributed by atoms with Gasteiger partial charge in [0, 0.05) is 12.1 Å². The number of halogens is 1. The number of nitro groups is 1. The van der Waals surface area contributed by atoms with Crippen LogP contribution in [0.25, 0.3) is 6.08 Å². The maximum absolute atomic E-state index is 12.1. The van der Waals surface area contributed by atoms with Gasteiger partial charge in [0.25, 0.3) is 11.6 Å². The molecule has 6 nitrogen and oxygen atoms in total. The summed E-state index contributed by atoms with van der Waals surface area (Å²) in [5.74, 6) is -0.452. The van der Waals surface area contributed by atoms with Crippen molar-refractivity contribution in [3.05, 3.63) is 44.5 Å². The zero-order valence-corrected chi connectivity index (χ0v) is 12.5. The van der Waals surface area contributed by atoms with E-state index in [1.807, 2.05) is 6.07 Å². The highest BCUT2D eigenvalue weighted by atomic mass is 35.5. The number of nitriles is 1. The lowest BCUT2D eigenvalue weighted by Crippen LogP contribution is -2.33. The van der Waals surface area contributed by atoms with Crippen molar-refractivity contribution in [1.29, 1.82) is 5.26 Å². The van der Waals surface area contributed by atoms with E-state index in [-0.39, 0.29) is 22.3 Å². The minimum absolute atomic E-state index is 0.0102. The number of carbonyl (C=O) groups is 1. The topological polar surface area (TPSA) is 96.0 Å². The van der Waals surface area contributed by atoms with Crippen LogP contribution in [0.2, 0.25) is 5.02 Å². The molecule has 1 saturated carbocycles. The van der Waals surface area contributed by atoms with Crippen LogP contribution in [-0.4, -0.2) is 16.9 Å². The standard InChI is InChI=1S/C15H14ClN3O3/c16-13-6-5-10(8-14(13)19(21)22)7-11(9-17)15(20)18-12-3-1-2-4-12/h5-8,12H,1-4H2,(H,18,20)/b11-7-. The Morgan fingerprint density at radius 3 is 2.73 bits per heavy atom. The van der Waals surface area contributed by atoms with Gasteiger partial charge in [0.1, 0.15) is 16.7 Å². The number of benzene rings is 1. The predicted octanol–water partition coefficient (Wildman–Crippen LogP) is 3.21. The summed E-state index contributed by atoms with van der Waals surface area (Å²) in [4.78, 5) is 22.3. The molecule has 0 bridgehead atoms. The quantitative estimate of drug-likeness (QED) is 0.399. The van der Waals surface area contributed by atoms with Crippen molar-refractivity contribution in [2.45, 2.75) is 31.7 Å². The molecule has 0 radical (unpaired) electrons. The molecule has 1 aromatic carbocycles. The molecule has 114 valence electrons. The fourth-order valence-electron chi connectivity index (χ4n) is 2.41. The minimum atomic E-state index is -0.607. The Morgan fingerprint density at radius 1 is 1.45 bits per heavy atom. The molecule has 1 fully saturated rings. The lowest BCUT2D eigenvalue weighted by Gasteiger charge is -2.10. The number of hydrogen-bond donors (Lipinski definition) is 1. The molecule has 1 N–H and O–H groups in total. The van der Waals surface area contributed by atoms with Crippen LogP contribution in [0.15, 0.2) is 23.8 Å². The van der Waals surface area contributed by atoms with Crippen LogP contribution >= 0.6 is 11.6 Å². The van der Waals surface area contributed by atoms with Crippen molar-refractivity contribution >= 4 is 29.3 Å². The fourth-order valence-corrected chi connectivity index (χ4v) is 2.59. The van der Waals surface area contributed by atoms with Crippen molar-refractivity contribution in [1.82, 2.24) is 5.32 Å². The molecule has 1 aliphatic carbocycles. The molecular weight excluding hydrogens is 306 g/mol. The summed E-state index contributed by atoms with van der Waals surface area (Å²) in [6.07, 6.45) is 5.29. The number of carbonyl (C=O) groups excluding carboxylic acids is 1. The van der Waals surface area contributed by atoms with Gasteiger partial charge < -0.3 is 5.32 Å². The second kappa shape index (κ2) is 7.05. The Bertz CT molecular complexity index is 673. The molecule has 22 heavy (non-hydrogen) atoms. The van der Waals surface area contributed by atoms with E-state index in [2.05, 4.69) is 5.32 Å². The monoisotopic (exact) mass is 319 g/mol. The number of nitro benzene ring substituents is 1. The van der Waals surface area contributed by atoms with E-state index in [1.165, 1.54) is 24.3 Å². The highest BCUT2D eigenvalue weighted by Crippen LogP contribution is 2.26. The Balaban J connectivity index is 2.21. The van der Waals surface area contributed by atoms with Crippen LogP contribution in [0.4, 0.5) is 5.69 Å². The van der Waals surface area contributed by atoms with Gasteiger partial charge in [-0.2, -0.15) is 5.26 Å². The molecule has 0 atom stereocenters. The molecule has 1 amide bonds. The first-order valence-electron chi connectivity index (χ1n) is 6.88. The van der Waals surface area contributed by atoms with Crippen molar-refractivity contribution in [3.8, 4) is 6.07 Å². The van der Waals surface area contributed by atoms with Gasteiger partial charge in [-0.15, -0.1) is 0 Å². The largest absolute Gasteiger partial charge is 0.349 e. The summed E-state index contributed by atoms with van der Waals surface area (Å²) in [6, 6.07) is 6.07. The molecule has 2 rings (SSSR count). The van der Waals surface area contributed by atoms with E-state index in [4.69, 9.17) is 16.9 Å². The number of nitrogens with zero attached hydrogens (tertiary/aromatic N) is 2. The predicted molar refractivity (Wildman–Crippen MR) is 82.1 cm³/mol. The van der Waals surface area contributed by atoms with Crippen molar-refractivity contribution in [3.63, 3.8) is 0 Å². The molecule has 0 aliphatic heterocycles. The molecule has 0 spiro atoms. The number of hydrogen-bond acceptors (Lipinski definition) is 4. The first kappa shape index (κ1) is 16.0. The second-order valence-electron chi connectivity index (χ2n) is 5.09. The molecule has 1 aliphatic rings. The Labute approximate surface area is 132 Å². The van der Waals surface area contributed by atoms with E-state index in [0.29, 0.717) is 5.56 Å². The lowest BCUT2D eigenvalue weighted by atomic mass is 10.1. The highest BCUT2D eigenvalue weighted by molar-refractivity contribution is 6.32. The number of rotatable bonds is 4. The van der Waals surface area contributed by atoms with Crippen molar-refractivity contribution in [2.75, 3.05) is 0 Å². The van der Waals surface area contributed by atoms with E-state index in [0.717, 1.165) is 25.7 Å². The Morgan fingerprint density at radius 2 is 2.14 bits per heavy atom. The smallest absolute Gasteiger partial charge is 0.288 e. The SMILES string of the molecule is N#C/C(=C/c1ccc(Cl)c([N+](=O)[O-])c1)C(=O)NC1CCCC1. The van der Waals surface area contributed by atoms with Gasteiger partial charge in [-0.05, 0) is 30.5 Å². The van der Waals surface area contributed by atoms with Gasteiger partial charge in [-0.3, -0.25) is 14.9 Å². The average Bonchev–Trinajstić information content (AvgIpc) is 2.98. The normalized spacial score (nSPS) is 15.4. The summed E-state index contributed by atoms with van der Waals surface area (Å²) >= 11 is 5.73. The summed E-state index contributed by atoms with van der Waals surface area (Å²) in [5.41, 5.74) is 0.0432. The second-order valence-corrected chi connectivity index (χ2v) is 5.50. The summed E-state index contributed by atoms with van der Waals surface area (Å²) in [5, 5.41) is 22.8. The van der Waals surface area contributed by atoms with E-state index in [9.17, 15) is 14.9 Å². The molecule has 7 heteroatoms. The lowest BCUT2D eigenvalue weighted by molar-refractivity contribution is -0.384. The Hall–Kier alpha value is -2.39. The highest BCUT2D eigenvalue weighted by Gasteiger charge is 2.19. The molecule has 0 aromatic heterocycles. The van der Waals surface area contributed by atoms with E-state index < -0.39 is 10.8 Å². The van der Waals surface area contributed by atoms with E-state index >= 15 is 0 Å². The molecule has 0 saturated heterocycles. The van der Waals surface area contributed by atoms with Crippen LogP contribution < -0.4 is 5.32 Å². The van der Waals surface area contributed by atoms with Gasteiger partial charge >= 0.3 is 0 Å². The third-order valence-corrected chi connectivity index (χ3v) is 3.85. The molecular formula is C15H14ClN3O3. The van der Waals surface area contributed by atoms with E-state index in [1.54, 1.807) is 0 Å². The number of nitrogens with one attached hydrogen (secondary N) is 1. The number of amides is 1.